The molecule has 0 aliphatic carbocycles. The summed E-state index contributed by atoms with van der Waals surface area (Å²) in [6.07, 6.45) is 1.21. The lowest BCUT2D eigenvalue weighted by atomic mass is 10.1. The molecule has 0 saturated carbocycles. The van der Waals surface area contributed by atoms with E-state index in [9.17, 15) is 4.79 Å². The Bertz CT molecular complexity index is 590. The van der Waals surface area contributed by atoms with Gasteiger partial charge in [-0.2, -0.15) is 0 Å². The van der Waals surface area contributed by atoms with Gasteiger partial charge in [-0.3, -0.25) is 4.79 Å². The maximum atomic E-state index is 11.6. The summed E-state index contributed by atoms with van der Waals surface area (Å²) in [5.41, 5.74) is 8.81. The van der Waals surface area contributed by atoms with Crippen LogP contribution in [0.1, 0.15) is 24.3 Å². The topological polar surface area (TPSA) is 65.2 Å². The van der Waals surface area contributed by atoms with Crippen molar-refractivity contribution in [1.29, 1.82) is 0 Å². The first-order valence-corrected chi connectivity index (χ1v) is 7.45. The van der Waals surface area contributed by atoms with Crippen LogP contribution in [-0.4, -0.2) is 17.6 Å². The summed E-state index contributed by atoms with van der Waals surface area (Å²) >= 11 is 1.34. The van der Waals surface area contributed by atoms with Crippen molar-refractivity contribution in [3.05, 3.63) is 34.7 Å². The maximum Gasteiger partial charge on any atom is 0.311 e. The molecular weight excluding hydrogens is 272 g/mol. The van der Waals surface area contributed by atoms with E-state index in [-0.39, 0.29) is 12.4 Å². The molecule has 0 aliphatic rings. The molecule has 0 atom stereocenters. The number of benzene rings is 1. The van der Waals surface area contributed by atoms with Gasteiger partial charge in [0.1, 0.15) is 0 Å². The van der Waals surface area contributed by atoms with Crippen LogP contribution in [-0.2, 0) is 22.4 Å². The number of carbonyl (C=O) groups is 1. The largest absolute Gasteiger partial charge is 0.466 e. The Morgan fingerprint density at radius 2 is 2.00 bits per heavy atom. The minimum Gasteiger partial charge on any atom is -0.466 e. The molecule has 1 heterocycles. The Hall–Kier alpha value is -1.88. The molecule has 2 N–H and O–H groups in total. The van der Waals surface area contributed by atoms with Gasteiger partial charge in [0.05, 0.1) is 18.7 Å². The molecule has 0 saturated heterocycles. The van der Waals surface area contributed by atoms with Crippen LogP contribution in [0.2, 0.25) is 0 Å². The first-order valence-electron chi connectivity index (χ1n) is 6.64. The van der Waals surface area contributed by atoms with Gasteiger partial charge in [0.25, 0.3) is 0 Å². The highest BCUT2D eigenvalue weighted by atomic mass is 32.1. The van der Waals surface area contributed by atoms with Gasteiger partial charge in [-0.1, -0.05) is 31.2 Å². The number of anilines is 1. The second kappa shape index (κ2) is 6.52. The highest BCUT2D eigenvalue weighted by Crippen LogP contribution is 2.30. The third-order valence-electron chi connectivity index (χ3n) is 2.96. The standard InChI is InChI=1S/C15H18N2O2S/c1-3-10-5-7-11(8-6-10)14-12(20-15(16)17-14)9-13(18)19-4-2/h5-8H,3-4,9H2,1-2H3,(H2,16,17). The number of nitrogens with two attached hydrogens (primary N) is 1. The zero-order valence-corrected chi connectivity index (χ0v) is 12.5. The molecule has 106 valence electrons. The van der Waals surface area contributed by atoms with E-state index >= 15 is 0 Å². The van der Waals surface area contributed by atoms with E-state index in [4.69, 9.17) is 10.5 Å². The van der Waals surface area contributed by atoms with Crippen molar-refractivity contribution in [3.8, 4) is 11.3 Å². The number of aromatic nitrogens is 1. The third kappa shape index (κ3) is 3.36. The van der Waals surface area contributed by atoms with Gasteiger partial charge >= 0.3 is 5.97 Å². The molecule has 1 aromatic carbocycles. The number of carbonyl (C=O) groups excluding carboxylic acids is 1. The fraction of sp³-hybridized carbons (Fsp3) is 0.333. The lowest BCUT2D eigenvalue weighted by Crippen LogP contribution is -2.07. The van der Waals surface area contributed by atoms with Gasteiger partial charge in [-0.25, -0.2) is 4.98 Å². The van der Waals surface area contributed by atoms with Crippen molar-refractivity contribution in [3.63, 3.8) is 0 Å². The van der Waals surface area contributed by atoms with Crippen LogP contribution >= 0.6 is 11.3 Å². The molecule has 2 aromatic rings. The van der Waals surface area contributed by atoms with Crippen molar-refractivity contribution in [2.45, 2.75) is 26.7 Å². The van der Waals surface area contributed by atoms with Gasteiger partial charge in [-0.05, 0) is 18.9 Å². The molecule has 0 bridgehead atoms. The smallest absolute Gasteiger partial charge is 0.311 e. The maximum absolute atomic E-state index is 11.6. The van der Waals surface area contributed by atoms with E-state index in [0.717, 1.165) is 22.6 Å². The molecular formula is C15H18N2O2S. The van der Waals surface area contributed by atoms with Gasteiger partial charge in [-0.15, -0.1) is 11.3 Å². The normalized spacial score (nSPS) is 10.5. The fourth-order valence-electron chi connectivity index (χ4n) is 1.96. The molecule has 20 heavy (non-hydrogen) atoms. The van der Waals surface area contributed by atoms with Gasteiger partial charge < -0.3 is 10.5 Å². The molecule has 1 aromatic heterocycles. The number of nitrogen functional groups attached to an aromatic ring is 1. The van der Waals surface area contributed by atoms with Gasteiger partial charge in [0, 0.05) is 10.4 Å². The number of thiazole rings is 1. The van der Waals surface area contributed by atoms with E-state index in [2.05, 4.69) is 24.0 Å². The number of nitrogens with zero attached hydrogens (tertiary/aromatic N) is 1. The summed E-state index contributed by atoms with van der Waals surface area (Å²) < 4.78 is 4.98. The van der Waals surface area contributed by atoms with Crippen molar-refractivity contribution < 1.29 is 9.53 Å². The summed E-state index contributed by atoms with van der Waals surface area (Å²) in [5, 5.41) is 0.471. The number of hydrogen-bond acceptors (Lipinski definition) is 5. The summed E-state index contributed by atoms with van der Waals surface area (Å²) in [6.45, 7) is 4.29. The van der Waals surface area contributed by atoms with Crippen LogP contribution in [0.3, 0.4) is 0 Å². The van der Waals surface area contributed by atoms with Crippen molar-refractivity contribution in [1.82, 2.24) is 4.98 Å². The Kier molecular flexibility index (Phi) is 4.74. The fourth-order valence-corrected chi connectivity index (χ4v) is 2.80. The second-order valence-electron chi connectivity index (χ2n) is 4.36. The first kappa shape index (κ1) is 14.5. The number of aryl methyl sites for hydroxylation is 1. The monoisotopic (exact) mass is 290 g/mol. The molecule has 2 rings (SSSR count). The zero-order valence-electron chi connectivity index (χ0n) is 11.7. The van der Waals surface area contributed by atoms with Crippen molar-refractivity contribution in [2.24, 2.45) is 0 Å². The molecule has 5 heteroatoms. The molecule has 0 aliphatic heterocycles. The van der Waals surface area contributed by atoms with E-state index in [1.807, 2.05) is 12.1 Å². The Balaban J connectivity index is 2.28. The average Bonchev–Trinajstić information content (AvgIpc) is 2.80. The van der Waals surface area contributed by atoms with E-state index in [1.165, 1.54) is 16.9 Å². The van der Waals surface area contributed by atoms with E-state index < -0.39 is 0 Å². The molecule has 0 radical (unpaired) electrons. The summed E-state index contributed by atoms with van der Waals surface area (Å²) in [4.78, 5) is 16.8. The van der Waals surface area contributed by atoms with Crippen molar-refractivity contribution >= 4 is 22.4 Å². The summed E-state index contributed by atoms with van der Waals surface area (Å²) in [6, 6.07) is 8.17. The average molecular weight is 290 g/mol. The number of ether oxygens (including phenoxy) is 1. The first-order chi connectivity index (χ1) is 9.63. The Labute approximate surface area is 122 Å². The van der Waals surface area contributed by atoms with Crippen LogP contribution in [0.25, 0.3) is 11.3 Å². The summed E-state index contributed by atoms with van der Waals surface area (Å²) in [7, 11) is 0. The van der Waals surface area contributed by atoms with E-state index in [1.54, 1.807) is 6.92 Å². The minimum atomic E-state index is -0.248. The SMILES string of the molecule is CCOC(=O)Cc1sc(N)nc1-c1ccc(CC)cc1. The summed E-state index contributed by atoms with van der Waals surface area (Å²) in [5.74, 6) is -0.248. The van der Waals surface area contributed by atoms with Crippen LogP contribution in [0.15, 0.2) is 24.3 Å². The van der Waals surface area contributed by atoms with Gasteiger partial charge in [0.15, 0.2) is 5.13 Å². The van der Waals surface area contributed by atoms with Gasteiger partial charge in [0.2, 0.25) is 0 Å². The number of esters is 1. The quantitative estimate of drug-likeness (QED) is 0.859. The van der Waals surface area contributed by atoms with Crippen LogP contribution in [0.5, 0.6) is 0 Å². The number of hydrogen-bond donors (Lipinski definition) is 1. The number of rotatable bonds is 5. The minimum absolute atomic E-state index is 0.216. The zero-order chi connectivity index (χ0) is 14.5. The van der Waals surface area contributed by atoms with Crippen LogP contribution in [0, 0.1) is 0 Å². The second-order valence-corrected chi connectivity index (χ2v) is 5.47. The Morgan fingerprint density at radius 3 is 2.60 bits per heavy atom. The van der Waals surface area contributed by atoms with Crippen LogP contribution in [0.4, 0.5) is 5.13 Å². The van der Waals surface area contributed by atoms with Crippen molar-refractivity contribution in [2.75, 3.05) is 12.3 Å². The Morgan fingerprint density at radius 1 is 1.30 bits per heavy atom. The molecule has 4 nitrogen and oxygen atoms in total. The highest BCUT2D eigenvalue weighted by molar-refractivity contribution is 7.15. The third-order valence-corrected chi connectivity index (χ3v) is 3.84. The molecule has 0 spiro atoms. The molecule has 0 fully saturated rings. The predicted octanol–water partition coefficient (Wildman–Crippen LogP) is 3.06. The highest BCUT2D eigenvalue weighted by Gasteiger charge is 2.15. The lowest BCUT2D eigenvalue weighted by Gasteiger charge is -2.04. The lowest BCUT2D eigenvalue weighted by molar-refractivity contribution is -0.142. The molecule has 0 unspecified atom stereocenters. The van der Waals surface area contributed by atoms with E-state index in [0.29, 0.717) is 11.7 Å². The predicted molar refractivity (Wildman–Crippen MR) is 81.7 cm³/mol. The molecule has 0 amide bonds. The van der Waals surface area contributed by atoms with Crippen LogP contribution < -0.4 is 5.73 Å².